The lowest BCUT2D eigenvalue weighted by Crippen LogP contribution is -2.37. The minimum atomic E-state index is -1.07. The number of anilines is 1. The summed E-state index contributed by atoms with van der Waals surface area (Å²) in [5, 5.41) is 14.2. The van der Waals surface area contributed by atoms with Crippen LogP contribution in [0.4, 0.5) is 10.1 Å². The number of halogens is 1. The largest absolute Gasteiger partial charge is 0.464 e. The van der Waals surface area contributed by atoms with Crippen molar-refractivity contribution in [3.05, 3.63) is 53.7 Å². The molecule has 2 rings (SSSR count). The normalized spacial score (nSPS) is 11.8. The molecule has 0 aliphatic carbocycles. The van der Waals surface area contributed by atoms with E-state index in [0.29, 0.717) is 5.76 Å². The smallest absolute Gasteiger partial charge is 0.313 e. The van der Waals surface area contributed by atoms with Gasteiger partial charge in [-0.25, -0.2) is 4.39 Å². The molecule has 0 fully saturated rings. The van der Waals surface area contributed by atoms with Crippen molar-refractivity contribution in [1.82, 2.24) is 5.32 Å². The zero-order valence-electron chi connectivity index (χ0n) is 11.8. The topological polar surface area (TPSA) is 91.6 Å². The third-order valence-electron chi connectivity index (χ3n) is 2.87. The van der Waals surface area contributed by atoms with Gasteiger partial charge in [0.1, 0.15) is 23.4 Å². The Kier molecular flexibility index (Phi) is 4.90. The number of nitrogens with one attached hydrogen (secondary N) is 2. The van der Waals surface area contributed by atoms with E-state index in [1.54, 1.807) is 19.1 Å². The van der Waals surface area contributed by atoms with Crippen LogP contribution in [0.2, 0.25) is 0 Å². The number of carbonyl (C=O) groups excluding carboxylic acids is 2. The molecule has 1 aromatic heterocycles. The highest BCUT2D eigenvalue weighted by Gasteiger charge is 2.18. The summed E-state index contributed by atoms with van der Waals surface area (Å²) in [7, 11) is 0. The Balaban J connectivity index is 1.87. The van der Waals surface area contributed by atoms with Crippen molar-refractivity contribution in [2.24, 2.45) is 0 Å². The van der Waals surface area contributed by atoms with E-state index in [-0.39, 0.29) is 18.0 Å². The average Bonchev–Trinajstić information content (AvgIpc) is 2.93. The van der Waals surface area contributed by atoms with E-state index in [9.17, 15) is 19.1 Å². The van der Waals surface area contributed by atoms with Crippen LogP contribution in [0.1, 0.15) is 17.6 Å². The number of carbonyl (C=O) groups is 2. The lowest BCUT2D eigenvalue weighted by atomic mass is 10.2. The Morgan fingerprint density at radius 1 is 1.23 bits per heavy atom. The van der Waals surface area contributed by atoms with Crippen molar-refractivity contribution in [1.29, 1.82) is 0 Å². The van der Waals surface area contributed by atoms with Gasteiger partial charge in [-0.3, -0.25) is 9.59 Å². The summed E-state index contributed by atoms with van der Waals surface area (Å²) < 4.78 is 18.6. The predicted molar refractivity (Wildman–Crippen MR) is 76.4 cm³/mol. The number of hydrogen-bond acceptors (Lipinski definition) is 4. The van der Waals surface area contributed by atoms with Crippen LogP contribution >= 0.6 is 0 Å². The summed E-state index contributed by atoms with van der Waals surface area (Å²) in [4.78, 5) is 23.2. The molecule has 0 aliphatic heterocycles. The van der Waals surface area contributed by atoms with Crippen molar-refractivity contribution in [3.63, 3.8) is 0 Å². The molecule has 22 heavy (non-hydrogen) atoms. The standard InChI is InChI=1S/C15H15FN2O4/c1-9-6-7-13(22-9)12(19)8-17-14(20)15(21)18-11-5-3-2-4-10(11)16/h2-7,12,19H,8H2,1H3,(H,17,20)(H,18,21). The Labute approximate surface area is 125 Å². The van der Waals surface area contributed by atoms with Crippen LogP contribution in [0, 0.1) is 12.7 Å². The van der Waals surface area contributed by atoms with E-state index in [0.717, 1.165) is 6.07 Å². The Morgan fingerprint density at radius 3 is 2.59 bits per heavy atom. The molecule has 116 valence electrons. The van der Waals surface area contributed by atoms with E-state index in [4.69, 9.17) is 4.42 Å². The third-order valence-corrected chi connectivity index (χ3v) is 2.87. The van der Waals surface area contributed by atoms with Crippen LogP contribution < -0.4 is 10.6 Å². The molecule has 0 saturated heterocycles. The first-order chi connectivity index (χ1) is 10.5. The van der Waals surface area contributed by atoms with E-state index in [1.807, 2.05) is 0 Å². The molecule has 1 heterocycles. The minimum absolute atomic E-state index is 0.0927. The molecule has 2 amide bonds. The molecule has 3 N–H and O–H groups in total. The quantitative estimate of drug-likeness (QED) is 0.747. The molecular formula is C15H15FN2O4. The van der Waals surface area contributed by atoms with E-state index in [2.05, 4.69) is 10.6 Å². The maximum atomic E-state index is 13.4. The molecule has 0 spiro atoms. The van der Waals surface area contributed by atoms with Gasteiger partial charge in [0.2, 0.25) is 0 Å². The van der Waals surface area contributed by atoms with Crippen molar-refractivity contribution in [3.8, 4) is 0 Å². The van der Waals surface area contributed by atoms with Crippen LogP contribution in [0.3, 0.4) is 0 Å². The van der Waals surface area contributed by atoms with Gasteiger partial charge in [-0.1, -0.05) is 12.1 Å². The van der Waals surface area contributed by atoms with Gasteiger partial charge < -0.3 is 20.2 Å². The van der Waals surface area contributed by atoms with E-state index in [1.165, 1.54) is 18.2 Å². The molecule has 0 radical (unpaired) electrons. The van der Waals surface area contributed by atoms with Gasteiger partial charge in [0.05, 0.1) is 12.2 Å². The number of aryl methyl sites for hydroxylation is 1. The second-order valence-corrected chi connectivity index (χ2v) is 4.61. The van der Waals surface area contributed by atoms with Gasteiger partial charge in [0, 0.05) is 0 Å². The summed E-state index contributed by atoms with van der Waals surface area (Å²) in [6.45, 7) is 1.52. The fourth-order valence-corrected chi connectivity index (χ4v) is 1.74. The summed E-state index contributed by atoms with van der Waals surface area (Å²) in [6.07, 6.45) is -1.07. The molecule has 6 nitrogen and oxygen atoms in total. The first-order valence-electron chi connectivity index (χ1n) is 6.55. The fraction of sp³-hybridized carbons (Fsp3) is 0.200. The molecule has 2 aromatic rings. The predicted octanol–water partition coefficient (Wildman–Crippen LogP) is 1.52. The highest BCUT2D eigenvalue weighted by molar-refractivity contribution is 6.39. The molecule has 0 bridgehead atoms. The lowest BCUT2D eigenvalue weighted by Gasteiger charge is -2.10. The zero-order chi connectivity index (χ0) is 16.1. The number of furan rings is 1. The monoisotopic (exact) mass is 306 g/mol. The number of rotatable bonds is 4. The maximum Gasteiger partial charge on any atom is 0.313 e. The number of benzene rings is 1. The molecule has 0 aliphatic rings. The molecular weight excluding hydrogens is 291 g/mol. The van der Waals surface area contributed by atoms with Crippen molar-refractivity contribution < 1.29 is 23.5 Å². The van der Waals surface area contributed by atoms with Crippen LogP contribution in [0.25, 0.3) is 0 Å². The second-order valence-electron chi connectivity index (χ2n) is 4.61. The molecule has 1 atom stereocenters. The second kappa shape index (κ2) is 6.86. The van der Waals surface area contributed by atoms with Gasteiger partial charge >= 0.3 is 11.8 Å². The van der Waals surface area contributed by atoms with Crippen LogP contribution in [0.5, 0.6) is 0 Å². The minimum Gasteiger partial charge on any atom is -0.464 e. The van der Waals surface area contributed by atoms with Crippen molar-refractivity contribution in [2.75, 3.05) is 11.9 Å². The molecule has 1 aromatic carbocycles. The highest BCUT2D eigenvalue weighted by atomic mass is 19.1. The van der Waals surface area contributed by atoms with E-state index < -0.39 is 23.7 Å². The number of para-hydroxylation sites is 1. The summed E-state index contributed by atoms with van der Waals surface area (Å²) in [6, 6.07) is 8.74. The van der Waals surface area contributed by atoms with Crippen LogP contribution in [0.15, 0.2) is 40.8 Å². The Morgan fingerprint density at radius 2 is 1.95 bits per heavy atom. The SMILES string of the molecule is Cc1ccc(C(O)CNC(=O)C(=O)Nc2ccccc2F)o1. The van der Waals surface area contributed by atoms with Crippen molar-refractivity contribution in [2.45, 2.75) is 13.0 Å². The molecule has 0 saturated carbocycles. The van der Waals surface area contributed by atoms with Crippen LogP contribution in [-0.4, -0.2) is 23.5 Å². The van der Waals surface area contributed by atoms with E-state index >= 15 is 0 Å². The van der Waals surface area contributed by atoms with Gasteiger partial charge in [0.25, 0.3) is 0 Å². The van der Waals surface area contributed by atoms with Gasteiger partial charge in [-0.15, -0.1) is 0 Å². The Hall–Kier alpha value is -2.67. The van der Waals surface area contributed by atoms with Crippen LogP contribution in [-0.2, 0) is 9.59 Å². The summed E-state index contributed by atoms with van der Waals surface area (Å²) in [5.74, 6) is -1.74. The first kappa shape index (κ1) is 15.7. The molecule has 1 unspecified atom stereocenters. The van der Waals surface area contributed by atoms with Crippen molar-refractivity contribution >= 4 is 17.5 Å². The first-order valence-corrected chi connectivity index (χ1v) is 6.55. The van der Waals surface area contributed by atoms with Gasteiger partial charge in [-0.05, 0) is 31.2 Å². The third kappa shape index (κ3) is 3.92. The lowest BCUT2D eigenvalue weighted by molar-refractivity contribution is -0.136. The zero-order valence-corrected chi connectivity index (χ0v) is 11.8. The highest BCUT2D eigenvalue weighted by Crippen LogP contribution is 2.15. The average molecular weight is 306 g/mol. The maximum absolute atomic E-state index is 13.4. The number of amides is 2. The molecule has 7 heteroatoms. The van der Waals surface area contributed by atoms with Gasteiger partial charge in [0.15, 0.2) is 0 Å². The number of hydrogen-bond donors (Lipinski definition) is 3. The summed E-state index contributed by atoms with van der Waals surface area (Å²) >= 11 is 0. The summed E-state index contributed by atoms with van der Waals surface area (Å²) in [5.41, 5.74) is -0.0927. The van der Waals surface area contributed by atoms with Gasteiger partial charge in [-0.2, -0.15) is 0 Å². The number of aliphatic hydroxyl groups is 1. The fourth-order valence-electron chi connectivity index (χ4n) is 1.74. The Bertz CT molecular complexity index is 684. The number of aliphatic hydroxyl groups excluding tert-OH is 1.